The minimum atomic E-state index is -1.15. The van der Waals surface area contributed by atoms with Crippen molar-refractivity contribution in [1.82, 2.24) is 0 Å². The van der Waals surface area contributed by atoms with Crippen LogP contribution in [0.2, 0.25) is 0 Å². The first-order valence-corrected chi connectivity index (χ1v) is 3.68. The minimum Gasteiger partial charge on any atom is -0.478 e. The number of carboxylic acid groups (broad SMARTS) is 1. The Bertz CT molecular complexity index is 475. The van der Waals surface area contributed by atoms with Gasteiger partial charge in [0.15, 0.2) is 6.07 Å². The summed E-state index contributed by atoms with van der Waals surface area (Å²) in [7, 11) is 0. The highest BCUT2D eigenvalue weighted by molar-refractivity contribution is 5.96. The zero-order chi connectivity index (χ0) is 10.6. The van der Waals surface area contributed by atoms with Crippen molar-refractivity contribution in [2.45, 2.75) is 0 Å². The fourth-order valence-corrected chi connectivity index (χ4v) is 1.01. The average molecular weight is 186 g/mol. The van der Waals surface area contributed by atoms with Crippen LogP contribution in [-0.2, 0) is 0 Å². The van der Waals surface area contributed by atoms with Gasteiger partial charge in [-0.05, 0) is 18.1 Å². The van der Waals surface area contributed by atoms with Gasteiger partial charge >= 0.3 is 5.97 Å². The number of hydrogen-bond acceptors (Lipinski definition) is 3. The summed E-state index contributed by atoms with van der Waals surface area (Å²) in [6, 6.07) is 6.17. The molecule has 1 rings (SSSR count). The molecule has 0 aliphatic rings. The zero-order valence-corrected chi connectivity index (χ0v) is 7.11. The molecule has 68 valence electrons. The Kier molecular flexibility index (Phi) is 2.73. The standard InChI is InChI=1S/C10H6N2O2/c11-6-2-4-7-3-1-5-8(12)9(7)10(13)14/h1,3,5H,12H2,(H,13,14). The molecule has 0 amide bonds. The third-order valence-electron chi connectivity index (χ3n) is 1.56. The number of nitrogens with zero attached hydrogens (tertiary/aromatic N) is 1. The maximum absolute atomic E-state index is 10.8. The first kappa shape index (κ1) is 9.63. The number of aromatic carboxylic acids is 1. The van der Waals surface area contributed by atoms with E-state index in [4.69, 9.17) is 16.1 Å². The number of rotatable bonds is 1. The summed E-state index contributed by atoms with van der Waals surface area (Å²) in [5.74, 6) is 3.39. The van der Waals surface area contributed by atoms with E-state index in [1.165, 1.54) is 12.1 Å². The Balaban J connectivity index is 3.37. The zero-order valence-electron chi connectivity index (χ0n) is 7.11. The molecule has 4 nitrogen and oxygen atoms in total. The van der Waals surface area contributed by atoms with Crippen molar-refractivity contribution in [3.05, 3.63) is 29.3 Å². The molecule has 0 bridgehead atoms. The topological polar surface area (TPSA) is 87.1 Å². The normalized spacial score (nSPS) is 8.21. The number of nitriles is 1. The van der Waals surface area contributed by atoms with E-state index >= 15 is 0 Å². The molecule has 4 heteroatoms. The molecule has 0 spiro atoms. The van der Waals surface area contributed by atoms with Gasteiger partial charge in [0.25, 0.3) is 0 Å². The second-order valence-corrected chi connectivity index (χ2v) is 2.44. The Labute approximate surface area is 80.6 Å². The largest absolute Gasteiger partial charge is 0.478 e. The van der Waals surface area contributed by atoms with Crippen molar-refractivity contribution in [2.24, 2.45) is 0 Å². The summed E-state index contributed by atoms with van der Waals surface area (Å²) in [6.07, 6.45) is 0. The number of hydrogen-bond donors (Lipinski definition) is 2. The summed E-state index contributed by atoms with van der Waals surface area (Å²) in [5, 5.41) is 17.0. The number of carboxylic acids is 1. The SMILES string of the molecule is N#CC#Cc1cccc(N)c1C(=O)O. The van der Waals surface area contributed by atoms with Crippen LogP contribution in [0.3, 0.4) is 0 Å². The molecule has 0 saturated heterocycles. The Morgan fingerprint density at radius 1 is 1.50 bits per heavy atom. The van der Waals surface area contributed by atoms with Crippen molar-refractivity contribution in [2.75, 3.05) is 5.73 Å². The summed E-state index contributed by atoms with van der Waals surface area (Å²) in [4.78, 5) is 10.8. The van der Waals surface area contributed by atoms with E-state index in [0.29, 0.717) is 0 Å². The fraction of sp³-hybridized carbons (Fsp3) is 0. The highest BCUT2D eigenvalue weighted by atomic mass is 16.4. The second-order valence-electron chi connectivity index (χ2n) is 2.44. The van der Waals surface area contributed by atoms with Crippen LogP contribution in [0.1, 0.15) is 15.9 Å². The first-order valence-electron chi connectivity index (χ1n) is 3.68. The molecule has 14 heavy (non-hydrogen) atoms. The van der Waals surface area contributed by atoms with Crippen LogP contribution >= 0.6 is 0 Å². The first-order chi connectivity index (χ1) is 6.66. The van der Waals surface area contributed by atoms with Crippen LogP contribution in [0.4, 0.5) is 5.69 Å². The van der Waals surface area contributed by atoms with E-state index in [1.54, 1.807) is 12.1 Å². The van der Waals surface area contributed by atoms with Gasteiger partial charge < -0.3 is 10.8 Å². The Morgan fingerprint density at radius 3 is 2.79 bits per heavy atom. The van der Waals surface area contributed by atoms with Gasteiger partial charge in [-0.2, -0.15) is 5.26 Å². The fourth-order valence-electron chi connectivity index (χ4n) is 1.01. The minimum absolute atomic E-state index is 0.0600. The van der Waals surface area contributed by atoms with Gasteiger partial charge in [0, 0.05) is 17.2 Å². The molecule has 1 aromatic carbocycles. The van der Waals surface area contributed by atoms with Crippen LogP contribution in [0.5, 0.6) is 0 Å². The van der Waals surface area contributed by atoms with E-state index in [0.717, 1.165) is 0 Å². The molecular weight excluding hydrogens is 180 g/mol. The van der Waals surface area contributed by atoms with Crippen molar-refractivity contribution < 1.29 is 9.90 Å². The third-order valence-corrected chi connectivity index (χ3v) is 1.56. The van der Waals surface area contributed by atoms with Gasteiger partial charge in [0.2, 0.25) is 0 Å². The molecule has 0 saturated carbocycles. The maximum Gasteiger partial charge on any atom is 0.339 e. The highest BCUT2D eigenvalue weighted by Gasteiger charge is 2.11. The van der Waals surface area contributed by atoms with Gasteiger partial charge in [0.05, 0.1) is 5.56 Å². The molecule has 0 fully saturated rings. The summed E-state index contributed by atoms with van der Waals surface area (Å²) in [6.45, 7) is 0. The number of carbonyl (C=O) groups is 1. The van der Waals surface area contributed by atoms with E-state index in [-0.39, 0.29) is 16.8 Å². The van der Waals surface area contributed by atoms with Gasteiger partial charge in [-0.25, -0.2) is 4.79 Å². The van der Waals surface area contributed by atoms with Crippen LogP contribution in [0.25, 0.3) is 0 Å². The van der Waals surface area contributed by atoms with E-state index in [9.17, 15) is 4.79 Å². The molecular formula is C10H6N2O2. The smallest absolute Gasteiger partial charge is 0.339 e. The Hall–Kier alpha value is -2.46. The van der Waals surface area contributed by atoms with Crippen LogP contribution in [0, 0.1) is 23.2 Å². The molecule has 3 N–H and O–H groups in total. The molecule has 0 atom stereocenters. The lowest BCUT2D eigenvalue weighted by molar-refractivity contribution is 0.0698. The predicted octanol–water partition coefficient (Wildman–Crippen LogP) is 0.842. The number of anilines is 1. The second kappa shape index (κ2) is 3.97. The molecule has 0 radical (unpaired) electrons. The summed E-state index contributed by atoms with van der Waals surface area (Å²) in [5.41, 5.74) is 5.79. The predicted molar refractivity (Wildman–Crippen MR) is 50.3 cm³/mol. The Morgan fingerprint density at radius 2 is 2.21 bits per heavy atom. The van der Waals surface area contributed by atoms with Gasteiger partial charge in [0.1, 0.15) is 0 Å². The number of nitrogens with two attached hydrogens (primary N) is 1. The van der Waals surface area contributed by atoms with E-state index in [2.05, 4.69) is 11.8 Å². The van der Waals surface area contributed by atoms with Crippen LogP contribution < -0.4 is 5.73 Å². The number of benzene rings is 1. The van der Waals surface area contributed by atoms with E-state index in [1.807, 2.05) is 0 Å². The highest BCUT2D eigenvalue weighted by Crippen LogP contribution is 2.15. The lowest BCUT2D eigenvalue weighted by atomic mass is 10.1. The van der Waals surface area contributed by atoms with Gasteiger partial charge in [-0.15, -0.1) is 0 Å². The van der Waals surface area contributed by atoms with Crippen LogP contribution in [0.15, 0.2) is 18.2 Å². The third kappa shape index (κ3) is 1.82. The van der Waals surface area contributed by atoms with Crippen LogP contribution in [-0.4, -0.2) is 11.1 Å². The van der Waals surface area contributed by atoms with Crippen molar-refractivity contribution in [1.29, 1.82) is 5.26 Å². The summed E-state index contributed by atoms with van der Waals surface area (Å²) >= 11 is 0. The van der Waals surface area contributed by atoms with Crippen molar-refractivity contribution in [3.8, 4) is 17.9 Å². The lowest BCUT2D eigenvalue weighted by Crippen LogP contribution is -2.04. The maximum atomic E-state index is 10.8. The molecule has 0 aromatic heterocycles. The molecule has 0 unspecified atom stereocenters. The van der Waals surface area contributed by atoms with Crippen molar-refractivity contribution in [3.63, 3.8) is 0 Å². The average Bonchev–Trinajstić information content (AvgIpc) is 2.14. The van der Waals surface area contributed by atoms with Gasteiger partial charge in [-0.3, -0.25) is 0 Å². The monoisotopic (exact) mass is 186 g/mol. The quantitative estimate of drug-likeness (QED) is 0.502. The van der Waals surface area contributed by atoms with E-state index < -0.39 is 5.97 Å². The lowest BCUT2D eigenvalue weighted by Gasteiger charge is -2.01. The number of nitrogen functional groups attached to an aromatic ring is 1. The van der Waals surface area contributed by atoms with Crippen molar-refractivity contribution >= 4 is 11.7 Å². The molecule has 0 aliphatic heterocycles. The summed E-state index contributed by atoms with van der Waals surface area (Å²) < 4.78 is 0. The van der Waals surface area contributed by atoms with Gasteiger partial charge in [-0.1, -0.05) is 6.07 Å². The molecule has 0 heterocycles. The molecule has 1 aromatic rings. The molecule has 0 aliphatic carbocycles.